The quantitative estimate of drug-likeness (QED) is 0.802. The van der Waals surface area contributed by atoms with Crippen molar-refractivity contribution in [1.29, 1.82) is 0 Å². The molecule has 4 heteroatoms. The number of hydrogen-bond donors (Lipinski definition) is 1. The lowest BCUT2D eigenvalue weighted by molar-refractivity contribution is -0.0572. The number of benzene rings is 1. The van der Waals surface area contributed by atoms with Crippen LogP contribution in [-0.2, 0) is 11.3 Å². The summed E-state index contributed by atoms with van der Waals surface area (Å²) in [6.45, 7) is 7.90. The molecule has 0 spiro atoms. The van der Waals surface area contributed by atoms with E-state index in [1.54, 1.807) is 7.11 Å². The molecule has 0 aliphatic heterocycles. The third kappa shape index (κ3) is 5.95. The highest BCUT2D eigenvalue weighted by Crippen LogP contribution is 2.29. The number of aliphatic hydroxyl groups is 1. The van der Waals surface area contributed by atoms with Gasteiger partial charge < -0.3 is 14.6 Å². The minimum atomic E-state index is -0.453. The lowest BCUT2D eigenvalue weighted by Gasteiger charge is -2.27. The smallest absolute Gasteiger partial charge is 0.119 e. The summed E-state index contributed by atoms with van der Waals surface area (Å²) in [6.07, 6.45) is 1.98. The van der Waals surface area contributed by atoms with Gasteiger partial charge in [-0.25, -0.2) is 0 Å². The van der Waals surface area contributed by atoms with Gasteiger partial charge in [0.1, 0.15) is 5.75 Å². The highest BCUT2D eigenvalue weighted by atomic mass is 16.5. The summed E-state index contributed by atoms with van der Waals surface area (Å²) in [5.41, 5.74) is 1.01. The van der Waals surface area contributed by atoms with Crippen LogP contribution >= 0.6 is 0 Å². The molecule has 0 heterocycles. The van der Waals surface area contributed by atoms with Crippen molar-refractivity contribution >= 4 is 0 Å². The van der Waals surface area contributed by atoms with E-state index in [0.29, 0.717) is 19.2 Å². The number of nitrogens with zero attached hydrogens (tertiary/aromatic N) is 1. The van der Waals surface area contributed by atoms with Crippen molar-refractivity contribution in [2.75, 3.05) is 20.3 Å². The summed E-state index contributed by atoms with van der Waals surface area (Å²) in [4.78, 5) is 2.35. The van der Waals surface area contributed by atoms with Gasteiger partial charge in [-0.3, -0.25) is 4.90 Å². The second-order valence-electron chi connectivity index (χ2n) is 7.09. The van der Waals surface area contributed by atoms with Crippen LogP contribution in [0.1, 0.15) is 39.2 Å². The molecule has 0 unspecified atom stereocenters. The number of methoxy groups -OCH3 is 1. The zero-order chi connectivity index (χ0) is 16.2. The van der Waals surface area contributed by atoms with Crippen molar-refractivity contribution in [1.82, 2.24) is 4.90 Å². The van der Waals surface area contributed by atoms with Gasteiger partial charge in [-0.15, -0.1) is 0 Å². The Labute approximate surface area is 134 Å². The molecule has 0 bridgehead atoms. The zero-order valence-corrected chi connectivity index (χ0v) is 14.2. The third-order valence-electron chi connectivity index (χ3n) is 3.74. The van der Waals surface area contributed by atoms with Crippen molar-refractivity contribution in [2.45, 2.75) is 57.9 Å². The first-order valence-corrected chi connectivity index (χ1v) is 8.06. The second kappa shape index (κ2) is 7.44. The maximum Gasteiger partial charge on any atom is 0.119 e. The topological polar surface area (TPSA) is 41.9 Å². The van der Waals surface area contributed by atoms with Crippen LogP contribution in [-0.4, -0.2) is 48.0 Å². The van der Waals surface area contributed by atoms with Gasteiger partial charge in [0.25, 0.3) is 0 Å². The summed E-state index contributed by atoms with van der Waals surface area (Å²) in [5, 5.41) is 10.2. The first-order valence-electron chi connectivity index (χ1n) is 8.06. The Bertz CT molecular complexity index is 466. The minimum Gasteiger partial charge on any atom is -0.497 e. The number of aliphatic hydroxyl groups excluding tert-OH is 1. The van der Waals surface area contributed by atoms with E-state index >= 15 is 0 Å². The third-order valence-corrected chi connectivity index (χ3v) is 3.74. The molecule has 0 saturated heterocycles. The van der Waals surface area contributed by atoms with Crippen molar-refractivity contribution in [3.05, 3.63) is 29.8 Å². The SMILES string of the molecule is COc1cccc(CN(C[C@@H](O)COC(C)(C)C)C2CC2)c1. The summed E-state index contributed by atoms with van der Waals surface area (Å²) >= 11 is 0. The van der Waals surface area contributed by atoms with Gasteiger partial charge in [0, 0.05) is 19.1 Å². The molecule has 1 aromatic rings. The van der Waals surface area contributed by atoms with E-state index in [2.05, 4.69) is 17.0 Å². The normalized spacial score (nSPS) is 16.8. The average Bonchev–Trinajstić information content (AvgIpc) is 3.28. The summed E-state index contributed by atoms with van der Waals surface area (Å²) in [6, 6.07) is 8.73. The van der Waals surface area contributed by atoms with E-state index in [4.69, 9.17) is 9.47 Å². The maximum atomic E-state index is 10.2. The standard InChI is InChI=1S/C18H29NO3/c1-18(2,3)22-13-16(20)12-19(15-8-9-15)11-14-6-5-7-17(10-14)21-4/h5-7,10,15-16,20H,8-9,11-13H2,1-4H3/t16-/m1/s1. The van der Waals surface area contributed by atoms with Crippen LogP contribution in [0.4, 0.5) is 0 Å². The molecule has 124 valence electrons. The number of rotatable bonds is 8. The molecule has 0 aromatic heterocycles. The molecule has 1 N–H and O–H groups in total. The molecule has 1 aliphatic carbocycles. The predicted molar refractivity (Wildman–Crippen MR) is 88.1 cm³/mol. The molecule has 1 aliphatic rings. The Balaban J connectivity index is 1.89. The molecule has 0 amide bonds. The van der Waals surface area contributed by atoms with Crippen LogP contribution in [0.15, 0.2) is 24.3 Å². The van der Waals surface area contributed by atoms with Crippen molar-refractivity contribution in [3.63, 3.8) is 0 Å². The molecule has 1 saturated carbocycles. The predicted octanol–water partition coefficient (Wildman–Crippen LogP) is 2.84. The lowest BCUT2D eigenvalue weighted by atomic mass is 10.1. The summed E-state index contributed by atoms with van der Waals surface area (Å²) < 4.78 is 11.0. The van der Waals surface area contributed by atoms with Crippen LogP contribution in [0.2, 0.25) is 0 Å². The van der Waals surface area contributed by atoms with Gasteiger partial charge in [0.2, 0.25) is 0 Å². The Morgan fingerprint density at radius 2 is 2.05 bits per heavy atom. The van der Waals surface area contributed by atoms with Crippen LogP contribution < -0.4 is 4.74 Å². The van der Waals surface area contributed by atoms with Crippen LogP contribution in [0.25, 0.3) is 0 Å². The molecule has 2 rings (SSSR count). The van der Waals surface area contributed by atoms with Gasteiger partial charge in [-0.2, -0.15) is 0 Å². The second-order valence-corrected chi connectivity index (χ2v) is 7.09. The Morgan fingerprint density at radius 1 is 1.32 bits per heavy atom. The van der Waals surface area contributed by atoms with Crippen molar-refractivity contribution in [3.8, 4) is 5.75 Å². The maximum absolute atomic E-state index is 10.2. The monoisotopic (exact) mass is 307 g/mol. The Hall–Kier alpha value is -1.10. The van der Waals surface area contributed by atoms with Gasteiger partial charge in [0.05, 0.1) is 25.4 Å². The minimum absolute atomic E-state index is 0.210. The van der Waals surface area contributed by atoms with Gasteiger partial charge in [0.15, 0.2) is 0 Å². The number of hydrogen-bond acceptors (Lipinski definition) is 4. The fourth-order valence-electron chi connectivity index (χ4n) is 2.46. The van der Waals surface area contributed by atoms with Gasteiger partial charge in [-0.05, 0) is 51.3 Å². The number of ether oxygens (including phenoxy) is 2. The fourth-order valence-corrected chi connectivity index (χ4v) is 2.46. The average molecular weight is 307 g/mol. The van der Waals surface area contributed by atoms with E-state index in [-0.39, 0.29) is 5.60 Å². The zero-order valence-electron chi connectivity index (χ0n) is 14.2. The van der Waals surface area contributed by atoms with Crippen LogP contribution in [0, 0.1) is 0 Å². The molecule has 1 atom stereocenters. The highest BCUT2D eigenvalue weighted by molar-refractivity contribution is 5.28. The molecule has 4 nitrogen and oxygen atoms in total. The first kappa shape index (κ1) is 17.3. The largest absolute Gasteiger partial charge is 0.497 e. The van der Waals surface area contributed by atoms with Crippen molar-refractivity contribution < 1.29 is 14.6 Å². The molecule has 0 radical (unpaired) electrons. The fraction of sp³-hybridized carbons (Fsp3) is 0.667. The highest BCUT2D eigenvalue weighted by Gasteiger charge is 2.30. The van der Waals surface area contributed by atoms with Crippen LogP contribution in [0.3, 0.4) is 0 Å². The molecule has 1 aromatic carbocycles. The molecular formula is C18H29NO3. The van der Waals surface area contributed by atoms with Crippen molar-refractivity contribution in [2.24, 2.45) is 0 Å². The van der Waals surface area contributed by atoms with E-state index in [1.807, 2.05) is 32.9 Å². The van der Waals surface area contributed by atoms with E-state index in [0.717, 1.165) is 12.3 Å². The van der Waals surface area contributed by atoms with Crippen LogP contribution in [0.5, 0.6) is 5.75 Å². The van der Waals surface area contributed by atoms with Gasteiger partial charge in [-0.1, -0.05) is 12.1 Å². The van der Waals surface area contributed by atoms with Gasteiger partial charge >= 0.3 is 0 Å². The Morgan fingerprint density at radius 3 is 2.64 bits per heavy atom. The first-order chi connectivity index (χ1) is 10.4. The van der Waals surface area contributed by atoms with E-state index in [1.165, 1.54) is 18.4 Å². The Kier molecular flexibility index (Phi) is 5.84. The molecule has 1 fully saturated rings. The molecular weight excluding hydrogens is 278 g/mol. The van der Waals surface area contributed by atoms with E-state index in [9.17, 15) is 5.11 Å². The lowest BCUT2D eigenvalue weighted by Crippen LogP contribution is -2.37. The molecule has 22 heavy (non-hydrogen) atoms. The van der Waals surface area contributed by atoms with E-state index < -0.39 is 6.10 Å². The summed E-state index contributed by atoms with van der Waals surface area (Å²) in [7, 11) is 1.69. The summed E-state index contributed by atoms with van der Waals surface area (Å²) in [5.74, 6) is 0.880.